The third kappa shape index (κ3) is 3.39. The Morgan fingerprint density at radius 2 is 2.21 bits per heavy atom. The van der Waals surface area contributed by atoms with Crippen LogP contribution in [0.3, 0.4) is 0 Å². The quantitative estimate of drug-likeness (QED) is 0.719. The number of nitrogens with one attached hydrogen (secondary N) is 1. The molecular formula is C12H20N6O. The highest BCUT2D eigenvalue weighted by atomic mass is 16.5. The van der Waals surface area contributed by atoms with E-state index in [2.05, 4.69) is 25.0 Å². The van der Waals surface area contributed by atoms with E-state index < -0.39 is 0 Å². The van der Waals surface area contributed by atoms with Gasteiger partial charge in [-0.1, -0.05) is 0 Å². The van der Waals surface area contributed by atoms with Crippen LogP contribution in [0.5, 0.6) is 0 Å². The van der Waals surface area contributed by atoms with Gasteiger partial charge in [-0.2, -0.15) is 5.10 Å². The van der Waals surface area contributed by atoms with Crippen LogP contribution in [0.1, 0.15) is 17.3 Å². The fraction of sp³-hybridized carbons (Fsp3) is 0.583. The van der Waals surface area contributed by atoms with Gasteiger partial charge in [0.1, 0.15) is 18.0 Å². The number of aromatic nitrogens is 5. The van der Waals surface area contributed by atoms with Crippen LogP contribution in [0.2, 0.25) is 0 Å². The highest BCUT2D eigenvalue weighted by molar-refractivity contribution is 5.06. The SMILES string of the molecule is COCCNCc1cnc(C)n1Cc1ncnn1C. The first kappa shape index (κ1) is 13.7. The maximum Gasteiger partial charge on any atom is 0.146 e. The molecule has 0 spiro atoms. The fourth-order valence-electron chi connectivity index (χ4n) is 1.87. The highest BCUT2D eigenvalue weighted by Gasteiger charge is 2.09. The summed E-state index contributed by atoms with van der Waals surface area (Å²) in [5, 5.41) is 7.40. The number of hydrogen-bond acceptors (Lipinski definition) is 5. The van der Waals surface area contributed by atoms with Gasteiger partial charge in [-0.3, -0.25) is 4.68 Å². The zero-order valence-electron chi connectivity index (χ0n) is 11.6. The summed E-state index contributed by atoms with van der Waals surface area (Å²) >= 11 is 0. The standard InChI is InChI=1S/C12H20N6O/c1-10-14-7-11(6-13-4-5-19-3)18(10)8-12-15-9-16-17(12)2/h7,9,13H,4-6,8H2,1-3H3. The van der Waals surface area contributed by atoms with Gasteiger partial charge < -0.3 is 14.6 Å². The molecule has 0 saturated heterocycles. The van der Waals surface area contributed by atoms with Crippen molar-refractivity contribution in [3.8, 4) is 0 Å². The monoisotopic (exact) mass is 264 g/mol. The molecule has 2 heterocycles. The molecule has 0 unspecified atom stereocenters. The molecule has 0 bridgehead atoms. The average Bonchev–Trinajstić information content (AvgIpc) is 2.95. The number of methoxy groups -OCH3 is 1. The smallest absolute Gasteiger partial charge is 0.146 e. The molecule has 2 aromatic heterocycles. The molecule has 0 fully saturated rings. The first-order valence-electron chi connectivity index (χ1n) is 6.26. The van der Waals surface area contributed by atoms with E-state index in [4.69, 9.17) is 4.74 Å². The number of hydrogen-bond donors (Lipinski definition) is 1. The Kier molecular flexibility index (Phi) is 4.64. The van der Waals surface area contributed by atoms with E-state index in [0.29, 0.717) is 13.2 Å². The van der Waals surface area contributed by atoms with Gasteiger partial charge in [0.15, 0.2) is 0 Å². The number of aryl methyl sites for hydroxylation is 2. The summed E-state index contributed by atoms with van der Waals surface area (Å²) < 4.78 is 8.93. The van der Waals surface area contributed by atoms with Crippen molar-refractivity contribution in [3.63, 3.8) is 0 Å². The minimum atomic E-state index is 0.684. The van der Waals surface area contributed by atoms with Crippen LogP contribution in [-0.4, -0.2) is 44.6 Å². The average molecular weight is 264 g/mol. The zero-order chi connectivity index (χ0) is 13.7. The molecule has 0 radical (unpaired) electrons. The van der Waals surface area contributed by atoms with Crippen LogP contribution >= 0.6 is 0 Å². The topological polar surface area (TPSA) is 69.8 Å². The molecule has 0 saturated carbocycles. The minimum absolute atomic E-state index is 0.684. The molecule has 7 heteroatoms. The lowest BCUT2D eigenvalue weighted by Gasteiger charge is -2.10. The van der Waals surface area contributed by atoms with Crippen LogP contribution in [0.15, 0.2) is 12.5 Å². The second-order valence-electron chi connectivity index (χ2n) is 4.35. The van der Waals surface area contributed by atoms with Crippen molar-refractivity contribution in [1.29, 1.82) is 0 Å². The first-order chi connectivity index (χ1) is 9.22. The van der Waals surface area contributed by atoms with Crippen molar-refractivity contribution >= 4 is 0 Å². The normalized spacial score (nSPS) is 11.1. The summed E-state index contributed by atoms with van der Waals surface area (Å²) in [4.78, 5) is 8.61. The van der Waals surface area contributed by atoms with Crippen molar-refractivity contribution in [3.05, 3.63) is 29.9 Å². The summed E-state index contributed by atoms with van der Waals surface area (Å²) in [6.45, 7) is 4.97. The molecule has 0 aliphatic carbocycles. The van der Waals surface area contributed by atoms with E-state index >= 15 is 0 Å². The Bertz CT molecular complexity index is 518. The summed E-state index contributed by atoms with van der Waals surface area (Å²) in [5.74, 6) is 1.89. The van der Waals surface area contributed by atoms with Gasteiger partial charge in [0, 0.05) is 33.4 Å². The lowest BCUT2D eigenvalue weighted by atomic mass is 10.4. The molecule has 0 atom stereocenters. The summed E-state index contributed by atoms with van der Waals surface area (Å²) in [7, 11) is 3.59. The van der Waals surface area contributed by atoms with Crippen LogP contribution in [-0.2, 0) is 24.9 Å². The number of ether oxygens (including phenoxy) is 1. The predicted molar refractivity (Wildman–Crippen MR) is 70.7 cm³/mol. The van der Waals surface area contributed by atoms with E-state index in [1.807, 2.05) is 20.2 Å². The third-order valence-corrected chi connectivity index (χ3v) is 3.03. The largest absolute Gasteiger partial charge is 0.383 e. The highest BCUT2D eigenvalue weighted by Crippen LogP contribution is 2.07. The molecule has 19 heavy (non-hydrogen) atoms. The summed E-state index contributed by atoms with van der Waals surface area (Å²) in [6.07, 6.45) is 3.46. The lowest BCUT2D eigenvalue weighted by molar-refractivity contribution is 0.199. The Morgan fingerprint density at radius 3 is 2.89 bits per heavy atom. The van der Waals surface area contributed by atoms with Gasteiger partial charge >= 0.3 is 0 Å². The molecule has 2 rings (SSSR count). The Morgan fingerprint density at radius 1 is 1.37 bits per heavy atom. The zero-order valence-corrected chi connectivity index (χ0v) is 11.6. The minimum Gasteiger partial charge on any atom is -0.383 e. The van der Waals surface area contributed by atoms with Crippen molar-refractivity contribution in [2.45, 2.75) is 20.0 Å². The first-order valence-corrected chi connectivity index (χ1v) is 6.26. The molecule has 0 aliphatic rings. The fourth-order valence-corrected chi connectivity index (χ4v) is 1.87. The second kappa shape index (κ2) is 6.44. The van der Waals surface area contributed by atoms with Gasteiger partial charge in [-0.15, -0.1) is 0 Å². The van der Waals surface area contributed by atoms with Gasteiger partial charge in [0.2, 0.25) is 0 Å². The molecule has 1 N–H and O–H groups in total. The van der Waals surface area contributed by atoms with Crippen molar-refractivity contribution in [2.24, 2.45) is 7.05 Å². The molecule has 0 amide bonds. The van der Waals surface area contributed by atoms with Gasteiger partial charge in [0.25, 0.3) is 0 Å². The maximum atomic E-state index is 5.01. The Hall–Kier alpha value is -1.73. The van der Waals surface area contributed by atoms with E-state index in [1.54, 1.807) is 18.1 Å². The van der Waals surface area contributed by atoms with Gasteiger partial charge in [-0.05, 0) is 6.92 Å². The van der Waals surface area contributed by atoms with Crippen molar-refractivity contribution < 1.29 is 4.74 Å². The Labute approximate surface area is 112 Å². The van der Waals surface area contributed by atoms with Gasteiger partial charge in [-0.25, -0.2) is 9.97 Å². The lowest BCUT2D eigenvalue weighted by Crippen LogP contribution is -2.21. The van der Waals surface area contributed by atoms with E-state index in [-0.39, 0.29) is 0 Å². The molecule has 2 aromatic rings. The third-order valence-electron chi connectivity index (χ3n) is 3.03. The second-order valence-corrected chi connectivity index (χ2v) is 4.35. The van der Waals surface area contributed by atoms with E-state index in [1.165, 1.54) is 0 Å². The molecule has 0 aromatic carbocycles. The maximum absolute atomic E-state index is 5.01. The van der Waals surface area contributed by atoms with E-state index in [9.17, 15) is 0 Å². The van der Waals surface area contributed by atoms with Crippen LogP contribution in [0.25, 0.3) is 0 Å². The molecular weight excluding hydrogens is 244 g/mol. The van der Waals surface area contributed by atoms with Gasteiger partial charge in [0.05, 0.1) is 18.8 Å². The Balaban J connectivity index is 2.03. The van der Waals surface area contributed by atoms with Crippen molar-refractivity contribution in [2.75, 3.05) is 20.3 Å². The molecule has 7 nitrogen and oxygen atoms in total. The molecule has 0 aliphatic heterocycles. The van der Waals surface area contributed by atoms with Crippen molar-refractivity contribution in [1.82, 2.24) is 29.6 Å². The summed E-state index contributed by atoms with van der Waals surface area (Å²) in [5.41, 5.74) is 1.14. The number of imidazole rings is 1. The van der Waals surface area contributed by atoms with Crippen LogP contribution in [0, 0.1) is 6.92 Å². The van der Waals surface area contributed by atoms with Crippen LogP contribution < -0.4 is 5.32 Å². The number of nitrogens with zero attached hydrogens (tertiary/aromatic N) is 5. The van der Waals surface area contributed by atoms with E-state index in [0.717, 1.165) is 30.4 Å². The predicted octanol–water partition coefficient (Wildman–Crippen LogP) is 0.104. The number of rotatable bonds is 7. The molecule has 104 valence electrons. The van der Waals surface area contributed by atoms with Crippen LogP contribution in [0.4, 0.5) is 0 Å². The summed E-state index contributed by atoms with van der Waals surface area (Å²) in [6, 6.07) is 0.